The zero-order valence-corrected chi connectivity index (χ0v) is 22.8. The summed E-state index contributed by atoms with van der Waals surface area (Å²) < 4.78 is 68.8. The highest BCUT2D eigenvalue weighted by Crippen LogP contribution is 2.56. The molecule has 2 saturated carbocycles. The molecule has 40 heavy (non-hydrogen) atoms. The molecule has 0 aliphatic heterocycles. The second-order valence-corrected chi connectivity index (χ2v) is 13.1. The van der Waals surface area contributed by atoms with Crippen LogP contribution < -0.4 is 5.32 Å². The Labute approximate surface area is 233 Å². The predicted octanol–water partition coefficient (Wildman–Crippen LogP) is 5.14. The van der Waals surface area contributed by atoms with E-state index in [9.17, 15) is 36.6 Å². The van der Waals surface area contributed by atoms with Crippen LogP contribution in [0.3, 0.4) is 0 Å². The van der Waals surface area contributed by atoms with Gasteiger partial charge in [-0.2, -0.15) is 0 Å². The number of aliphatic hydroxyl groups is 2. The summed E-state index contributed by atoms with van der Waals surface area (Å²) >= 11 is 6.27. The topological polar surface area (TPSA) is 117 Å². The van der Waals surface area contributed by atoms with Gasteiger partial charge >= 0.3 is 0 Å². The van der Waals surface area contributed by atoms with Crippen LogP contribution in [0.4, 0.5) is 18.9 Å². The molecule has 2 fully saturated rings. The number of hydrogen-bond acceptors (Lipinski definition) is 6. The van der Waals surface area contributed by atoms with E-state index >= 15 is 0 Å². The molecule has 1 heterocycles. The van der Waals surface area contributed by atoms with E-state index in [1.807, 2.05) is 0 Å². The minimum atomic E-state index is -4.12. The van der Waals surface area contributed by atoms with Crippen LogP contribution in [0.25, 0.3) is 0 Å². The van der Waals surface area contributed by atoms with Crippen LogP contribution in [0.15, 0.2) is 53.4 Å². The normalized spacial score (nSPS) is 25.0. The Morgan fingerprint density at radius 3 is 2.33 bits per heavy atom. The molecule has 7 nitrogen and oxygen atoms in total. The van der Waals surface area contributed by atoms with Gasteiger partial charge in [-0.3, -0.25) is 9.78 Å². The van der Waals surface area contributed by atoms with Crippen molar-refractivity contribution in [2.75, 3.05) is 5.32 Å². The first kappa shape index (κ1) is 28.5. The fraction of sp³-hybridized carbons (Fsp3) is 0.357. The van der Waals surface area contributed by atoms with Crippen molar-refractivity contribution in [1.29, 1.82) is 0 Å². The van der Waals surface area contributed by atoms with Crippen LogP contribution in [0, 0.1) is 36.2 Å². The van der Waals surface area contributed by atoms with Gasteiger partial charge in [0.2, 0.25) is 0 Å². The molecule has 3 aromatic rings. The first-order valence-corrected chi connectivity index (χ1v) is 14.6. The average Bonchev–Trinajstić information content (AvgIpc) is 3.07. The van der Waals surface area contributed by atoms with Crippen molar-refractivity contribution in [3.63, 3.8) is 0 Å². The van der Waals surface area contributed by atoms with E-state index in [1.165, 1.54) is 24.3 Å². The summed E-state index contributed by atoms with van der Waals surface area (Å²) in [5.41, 5.74) is -1.66. The molecule has 1 aromatic heterocycles. The zero-order chi connectivity index (χ0) is 29.0. The van der Waals surface area contributed by atoms with Crippen molar-refractivity contribution >= 4 is 33.0 Å². The number of fused-ring (bicyclic) bond motifs is 2. The van der Waals surface area contributed by atoms with Crippen LogP contribution in [0.5, 0.6) is 0 Å². The Bertz CT molecular complexity index is 1590. The maximum atomic E-state index is 14.5. The van der Waals surface area contributed by atoms with E-state index in [4.69, 9.17) is 11.6 Å². The number of carbonyl (C=O) groups is 1. The van der Waals surface area contributed by atoms with Crippen molar-refractivity contribution in [2.24, 2.45) is 11.8 Å². The van der Waals surface area contributed by atoms with Crippen molar-refractivity contribution < 1.29 is 36.6 Å². The van der Waals surface area contributed by atoms with Gasteiger partial charge < -0.3 is 15.5 Å². The molecule has 2 aliphatic carbocycles. The highest BCUT2D eigenvalue weighted by atomic mass is 35.5. The Hall–Kier alpha value is -2.99. The van der Waals surface area contributed by atoms with Gasteiger partial charge in [0, 0.05) is 23.0 Å². The molecule has 2 aliphatic rings. The second-order valence-electron chi connectivity index (χ2n) is 10.4. The van der Waals surface area contributed by atoms with E-state index in [0.717, 1.165) is 24.3 Å². The zero-order valence-electron chi connectivity index (χ0n) is 21.2. The number of anilines is 1. The molecule has 0 radical (unpaired) electrons. The maximum absolute atomic E-state index is 14.5. The third kappa shape index (κ3) is 4.89. The summed E-state index contributed by atoms with van der Waals surface area (Å²) in [7, 11) is -4.12. The molecule has 2 aromatic carbocycles. The van der Waals surface area contributed by atoms with E-state index in [-0.39, 0.29) is 39.7 Å². The van der Waals surface area contributed by atoms with Gasteiger partial charge in [-0.05, 0) is 86.9 Å². The van der Waals surface area contributed by atoms with E-state index in [0.29, 0.717) is 18.5 Å². The Balaban J connectivity index is 1.40. The molecule has 12 heteroatoms. The summed E-state index contributed by atoms with van der Waals surface area (Å²) in [6, 6.07) is 9.11. The molecular weight excluding hydrogens is 569 g/mol. The molecule has 212 valence electrons. The summed E-state index contributed by atoms with van der Waals surface area (Å²) in [6.45, 7) is 1.63. The van der Waals surface area contributed by atoms with Crippen LogP contribution in [0.2, 0.25) is 5.02 Å². The smallest absolute Gasteiger partial charge is 0.255 e. The lowest BCUT2D eigenvalue weighted by Crippen LogP contribution is -2.52. The van der Waals surface area contributed by atoms with Gasteiger partial charge in [-0.25, -0.2) is 21.6 Å². The van der Waals surface area contributed by atoms with Crippen molar-refractivity contribution in [1.82, 2.24) is 4.98 Å². The molecule has 0 spiro atoms. The fourth-order valence-corrected chi connectivity index (χ4v) is 8.43. The highest BCUT2D eigenvalue weighted by Gasteiger charge is 2.60. The number of aliphatic hydroxyl groups excluding tert-OH is 1. The van der Waals surface area contributed by atoms with Gasteiger partial charge in [-0.1, -0.05) is 11.6 Å². The minimum Gasteiger partial charge on any atom is -0.386 e. The monoisotopic (exact) mass is 594 g/mol. The molecular formula is C28H26ClF3N2O5S. The summed E-state index contributed by atoms with van der Waals surface area (Å²) in [5, 5.41) is 24.0. The number of amides is 1. The first-order chi connectivity index (χ1) is 18.8. The van der Waals surface area contributed by atoms with Gasteiger partial charge in [-0.15, -0.1) is 0 Å². The largest absolute Gasteiger partial charge is 0.386 e. The Morgan fingerprint density at radius 1 is 1.02 bits per heavy atom. The van der Waals surface area contributed by atoms with E-state index in [1.54, 1.807) is 6.92 Å². The number of benzene rings is 2. The van der Waals surface area contributed by atoms with Gasteiger partial charge in [0.1, 0.15) is 23.2 Å². The molecule has 2 unspecified atom stereocenters. The summed E-state index contributed by atoms with van der Waals surface area (Å²) in [5.74, 6) is -5.06. The number of rotatable bonds is 6. The fourth-order valence-electron chi connectivity index (χ4n) is 6.03. The number of sulfone groups is 1. The predicted molar refractivity (Wildman–Crippen MR) is 141 cm³/mol. The number of carbonyl (C=O) groups excluding carboxylic acids is 1. The molecule has 5 atom stereocenters. The second kappa shape index (κ2) is 10.4. The number of nitrogens with one attached hydrogen (secondary N) is 1. The van der Waals surface area contributed by atoms with Crippen LogP contribution in [0.1, 0.15) is 53.5 Å². The number of aromatic nitrogens is 1. The molecule has 0 saturated heterocycles. The lowest BCUT2D eigenvalue weighted by molar-refractivity contribution is -0.146. The minimum absolute atomic E-state index is 0.0125. The number of nitrogens with zero attached hydrogens (tertiary/aromatic N) is 1. The Morgan fingerprint density at radius 2 is 1.68 bits per heavy atom. The van der Waals surface area contributed by atoms with Gasteiger partial charge in [0.05, 0.1) is 15.2 Å². The quantitative estimate of drug-likeness (QED) is 0.364. The number of pyridine rings is 1. The first-order valence-electron chi connectivity index (χ1n) is 12.7. The summed E-state index contributed by atoms with van der Waals surface area (Å²) in [6.07, 6.45) is -0.798. The SMILES string of the molecule is Cc1ccc(F)c(C(O)[C@@]2(O)C3CC[C@H]2C[C@H](S(=O)(=O)c2cc(C(=O)Nc4ccc(F)c(F)c4)ccc2Cl)C3)n1. The van der Waals surface area contributed by atoms with Crippen molar-refractivity contribution in [3.05, 3.63) is 88.0 Å². The average molecular weight is 595 g/mol. The lowest BCUT2D eigenvalue weighted by atomic mass is 9.70. The lowest BCUT2D eigenvalue weighted by Gasteiger charge is -2.45. The van der Waals surface area contributed by atoms with E-state index < -0.39 is 62.0 Å². The summed E-state index contributed by atoms with van der Waals surface area (Å²) in [4.78, 5) is 16.6. The standard InChI is InChI=1S/C28H26ClF3N2O5S/c1-14-2-8-22(31)25(33-14)26(35)28(37)16-4-5-17(28)12-19(11-16)40(38,39)24-10-15(3-7-20(24)29)27(36)34-18-6-9-21(30)23(32)13-18/h2-3,6-10,13,16-17,19,26,35,37H,4-5,11-12H2,1H3,(H,34,36)/t16-,17?,19-,26?,28-/m0/s1. The highest BCUT2D eigenvalue weighted by molar-refractivity contribution is 7.92. The number of halogens is 4. The van der Waals surface area contributed by atoms with Crippen molar-refractivity contribution in [3.8, 4) is 0 Å². The molecule has 3 N–H and O–H groups in total. The molecule has 2 bridgehead atoms. The van der Waals surface area contributed by atoms with Crippen LogP contribution >= 0.6 is 11.6 Å². The van der Waals surface area contributed by atoms with Gasteiger partial charge in [0.15, 0.2) is 21.5 Å². The van der Waals surface area contributed by atoms with Gasteiger partial charge in [0.25, 0.3) is 5.91 Å². The van der Waals surface area contributed by atoms with Crippen LogP contribution in [-0.2, 0) is 9.84 Å². The van der Waals surface area contributed by atoms with Crippen LogP contribution in [-0.4, -0.2) is 40.4 Å². The number of aryl methyl sites for hydroxylation is 1. The maximum Gasteiger partial charge on any atom is 0.255 e. The third-order valence-corrected chi connectivity index (χ3v) is 10.7. The molecule has 1 amide bonds. The number of hydrogen-bond donors (Lipinski definition) is 3. The van der Waals surface area contributed by atoms with E-state index in [2.05, 4.69) is 10.3 Å². The third-order valence-electron chi connectivity index (χ3n) is 8.09. The Kier molecular flexibility index (Phi) is 7.45. The van der Waals surface area contributed by atoms with Crippen molar-refractivity contribution in [2.45, 2.75) is 54.5 Å². The molecule has 5 rings (SSSR count).